The van der Waals surface area contributed by atoms with Crippen molar-refractivity contribution in [2.45, 2.75) is 32.8 Å². The first-order valence-electron chi connectivity index (χ1n) is 4.62. The number of nitrogens with zero attached hydrogens (tertiary/aromatic N) is 1. The average molecular weight is 179 g/mol. The third kappa shape index (κ3) is 4.63. The molecule has 0 aliphatic carbocycles. The second-order valence-electron chi connectivity index (χ2n) is 4.03. The first kappa shape index (κ1) is 10.2. The van der Waals surface area contributed by atoms with E-state index in [0.29, 0.717) is 0 Å². The molecule has 0 bridgehead atoms. The summed E-state index contributed by atoms with van der Waals surface area (Å²) >= 11 is 0. The van der Waals surface area contributed by atoms with Crippen molar-refractivity contribution in [3.63, 3.8) is 0 Å². The maximum Gasteiger partial charge on any atom is 0.0598 e. The van der Waals surface area contributed by atoms with E-state index in [1.54, 1.807) is 0 Å². The molecule has 0 saturated carbocycles. The van der Waals surface area contributed by atoms with E-state index >= 15 is 0 Å². The third-order valence-corrected chi connectivity index (χ3v) is 1.62. The van der Waals surface area contributed by atoms with Crippen molar-refractivity contribution in [1.82, 2.24) is 4.98 Å². The highest BCUT2D eigenvalue weighted by Crippen LogP contribution is 2.07. The first-order valence-corrected chi connectivity index (χ1v) is 4.62. The van der Waals surface area contributed by atoms with Gasteiger partial charge in [-0.2, -0.15) is 0 Å². The van der Waals surface area contributed by atoms with Crippen molar-refractivity contribution in [2.75, 3.05) is 6.61 Å². The summed E-state index contributed by atoms with van der Waals surface area (Å²) in [6, 6.07) is 5.94. The van der Waals surface area contributed by atoms with E-state index in [1.807, 2.05) is 24.4 Å². The van der Waals surface area contributed by atoms with Crippen LogP contribution in [0.15, 0.2) is 24.4 Å². The number of hydrogen-bond acceptors (Lipinski definition) is 2. The second-order valence-corrected chi connectivity index (χ2v) is 4.03. The Labute approximate surface area is 80.0 Å². The van der Waals surface area contributed by atoms with Gasteiger partial charge in [0.25, 0.3) is 0 Å². The van der Waals surface area contributed by atoms with Gasteiger partial charge >= 0.3 is 0 Å². The summed E-state index contributed by atoms with van der Waals surface area (Å²) in [4.78, 5) is 4.22. The Morgan fingerprint density at radius 3 is 2.62 bits per heavy atom. The van der Waals surface area contributed by atoms with Crippen LogP contribution in [0.25, 0.3) is 0 Å². The summed E-state index contributed by atoms with van der Waals surface area (Å²) in [5, 5.41) is 0. The van der Waals surface area contributed by atoms with E-state index in [-0.39, 0.29) is 5.60 Å². The molecule has 0 fully saturated rings. The largest absolute Gasteiger partial charge is 0.375 e. The zero-order chi connectivity index (χ0) is 9.73. The van der Waals surface area contributed by atoms with Gasteiger partial charge in [0.1, 0.15) is 0 Å². The molecule has 2 nitrogen and oxygen atoms in total. The number of rotatable bonds is 3. The molecule has 1 aromatic heterocycles. The lowest BCUT2D eigenvalue weighted by atomic mass is 10.2. The summed E-state index contributed by atoms with van der Waals surface area (Å²) in [5.74, 6) is 0. The topological polar surface area (TPSA) is 22.1 Å². The summed E-state index contributed by atoms with van der Waals surface area (Å²) in [7, 11) is 0. The molecule has 72 valence electrons. The third-order valence-electron chi connectivity index (χ3n) is 1.62. The van der Waals surface area contributed by atoms with Gasteiger partial charge in [0, 0.05) is 18.3 Å². The molecule has 0 atom stereocenters. The van der Waals surface area contributed by atoms with Crippen molar-refractivity contribution < 1.29 is 4.74 Å². The molecule has 0 amide bonds. The molecule has 0 saturated heterocycles. The lowest BCUT2D eigenvalue weighted by molar-refractivity contribution is -0.00126. The molecule has 0 aliphatic heterocycles. The average Bonchev–Trinajstić information content (AvgIpc) is 2.04. The number of aromatic nitrogens is 1. The fourth-order valence-corrected chi connectivity index (χ4v) is 1.01. The monoisotopic (exact) mass is 179 g/mol. The van der Waals surface area contributed by atoms with Gasteiger partial charge < -0.3 is 4.74 Å². The molecule has 0 spiro atoms. The van der Waals surface area contributed by atoms with Gasteiger partial charge in [-0.15, -0.1) is 0 Å². The zero-order valence-corrected chi connectivity index (χ0v) is 8.58. The van der Waals surface area contributed by atoms with Crippen molar-refractivity contribution in [3.05, 3.63) is 30.1 Å². The van der Waals surface area contributed by atoms with Crippen LogP contribution in [0.5, 0.6) is 0 Å². The van der Waals surface area contributed by atoms with Crippen LogP contribution in [0.1, 0.15) is 26.5 Å². The lowest BCUT2D eigenvalue weighted by Gasteiger charge is -2.19. The number of ether oxygens (including phenoxy) is 1. The van der Waals surface area contributed by atoms with Crippen LogP contribution >= 0.6 is 0 Å². The van der Waals surface area contributed by atoms with E-state index < -0.39 is 0 Å². The lowest BCUT2D eigenvalue weighted by Crippen LogP contribution is -2.20. The van der Waals surface area contributed by atoms with Crippen LogP contribution in [-0.2, 0) is 11.2 Å². The summed E-state index contributed by atoms with van der Waals surface area (Å²) in [6.45, 7) is 6.92. The first-order chi connectivity index (χ1) is 6.08. The van der Waals surface area contributed by atoms with Crippen LogP contribution in [0, 0.1) is 0 Å². The van der Waals surface area contributed by atoms with Gasteiger partial charge in [0.2, 0.25) is 0 Å². The maximum atomic E-state index is 5.59. The van der Waals surface area contributed by atoms with Crippen LogP contribution < -0.4 is 0 Å². The van der Waals surface area contributed by atoms with Gasteiger partial charge in [-0.1, -0.05) is 6.07 Å². The van der Waals surface area contributed by atoms with Gasteiger partial charge in [0.15, 0.2) is 0 Å². The standard InChI is InChI=1S/C11H17NO/c1-11(2,3)13-9-7-10-6-4-5-8-12-10/h4-6,8H,7,9H2,1-3H3. The quantitative estimate of drug-likeness (QED) is 0.711. The Bertz CT molecular complexity index is 238. The van der Waals surface area contributed by atoms with E-state index in [1.165, 1.54) is 0 Å². The highest BCUT2D eigenvalue weighted by atomic mass is 16.5. The van der Waals surface area contributed by atoms with Crippen molar-refractivity contribution in [1.29, 1.82) is 0 Å². The van der Waals surface area contributed by atoms with Gasteiger partial charge in [-0.3, -0.25) is 4.98 Å². The molecule has 2 heteroatoms. The van der Waals surface area contributed by atoms with Crippen molar-refractivity contribution in [2.24, 2.45) is 0 Å². The molecule has 0 N–H and O–H groups in total. The smallest absolute Gasteiger partial charge is 0.0598 e. The van der Waals surface area contributed by atoms with Gasteiger partial charge in [-0.05, 0) is 32.9 Å². The van der Waals surface area contributed by atoms with E-state index in [0.717, 1.165) is 18.7 Å². The Kier molecular flexibility index (Phi) is 3.43. The molecule has 1 rings (SSSR count). The maximum absolute atomic E-state index is 5.59. The van der Waals surface area contributed by atoms with E-state index in [2.05, 4.69) is 25.8 Å². The fraction of sp³-hybridized carbons (Fsp3) is 0.545. The molecule has 0 unspecified atom stereocenters. The van der Waals surface area contributed by atoms with Crippen LogP contribution in [0.2, 0.25) is 0 Å². The number of hydrogen-bond donors (Lipinski definition) is 0. The Morgan fingerprint density at radius 2 is 2.08 bits per heavy atom. The van der Waals surface area contributed by atoms with E-state index in [9.17, 15) is 0 Å². The van der Waals surface area contributed by atoms with Crippen LogP contribution in [0.3, 0.4) is 0 Å². The molecule has 0 radical (unpaired) electrons. The minimum Gasteiger partial charge on any atom is -0.375 e. The highest BCUT2D eigenvalue weighted by molar-refractivity contribution is 5.03. The predicted molar refractivity (Wildman–Crippen MR) is 53.6 cm³/mol. The summed E-state index contributed by atoms with van der Waals surface area (Å²) < 4.78 is 5.59. The normalized spacial score (nSPS) is 11.6. The molecule has 0 aliphatic rings. The van der Waals surface area contributed by atoms with Gasteiger partial charge in [0.05, 0.1) is 12.2 Å². The summed E-state index contributed by atoms with van der Waals surface area (Å²) in [6.07, 6.45) is 2.70. The minimum atomic E-state index is -0.0468. The molecule has 0 aromatic carbocycles. The zero-order valence-electron chi connectivity index (χ0n) is 8.58. The molecule has 1 aromatic rings. The van der Waals surface area contributed by atoms with Gasteiger partial charge in [-0.25, -0.2) is 0 Å². The highest BCUT2D eigenvalue weighted by Gasteiger charge is 2.09. The Morgan fingerprint density at radius 1 is 1.31 bits per heavy atom. The van der Waals surface area contributed by atoms with Crippen molar-refractivity contribution >= 4 is 0 Å². The Balaban J connectivity index is 2.29. The van der Waals surface area contributed by atoms with Crippen LogP contribution in [-0.4, -0.2) is 17.2 Å². The second kappa shape index (κ2) is 4.38. The van der Waals surface area contributed by atoms with E-state index in [4.69, 9.17) is 4.74 Å². The molecular weight excluding hydrogens is 162 g/mol. The SMILES string of the molecule is CC(C)(C)OCCc1ccccn1. The van der Waals surface area contributed by atoms with Crippen molar-refractivity contribution in [3.8, 4) is 0 Å². The number of pyridine rings is 1. The summed E-state index contributed by atoms with van der Waals surface area (Å²) in [5.41, 5.74) is 1.04. The molecule has 13 heavy (non-hydrogen) atoms. The minimum absolute atomic E-state index is 0.0468. The molecule has 1 heterocycles. The predicted octanol–water partition coefficient (Wildman–Crippen LogP) is 2.44. The fourth-order valence-electron chi connectivity index (χ4n) is 1.01. The molecular formula is C11H17NO. The van der Waals surface area contributed by atoms with Crippen LogP contribution in [0.4, 0.5) is 0 Å². The Hall–Kier alpha value is -0.890.